The Hall–Kier alpha value is -0.240. The number of hydrogen-bond donors (Lipinski definition) is 0. The van der Waals surface area contributed by atoms with Gasteiger partial charge in [-0.3, -0.25) is 0 Å². The lowest BCUT2D eigenvalue weighted by Crippen LogP contribution is -2.00. The molecule has 1 saturated heterocycles. The van der Waals surface area contributed by atoms with Gasteiger partial charge in [0.15, 0.2) is 0 Å². The topological polar surface area (TPSA) is 21.6 Å². The van der Waals surface area contributed by atoms with Crippen LogP contribution in [-0.2, 0) is 4.74 Å². The van der Waals surface area contributed by atoms with Crippen molar-refractivity contribution in [3.05, 3.63) is 0 Å². The molecule has 1 aliphatic heterocycles. The quantitative estimate of drug-likeness (QED) is 0.387. The zero-order valence-corrected chi connectivity index (χ0v) is 5.28. The number of nitrogens with zero attached hydrogens (tertiary/aromatic N) is 1. The largest absolute Gasteiger partial charge is 0.379 e. The van der Waals surface area contributed by atoms with Gasteiger partial charge in [0.25, 0.3) is 0 Å². The molecule has 1 aliphatic rings. The van der Waals surface area contributed by atoms with Gasteiger partial charge in [-0.05, 0) is 18.6 Å². The molecule has 0 radical (unpaired) electrons. The molecule has 44 valence electrons. The van der Waals surface area contributed by atoms with E-state index < -0.39 is 0 Å². The lowest BCUT2D eigenvalue weighted by molar-refractivity contribution is 0.194. The molecule has 0 aromatic carbocycles. The molecule has 1 atom stereocenters. The number of isothiocyanates is 1. The molecule has 0 N–H and O–H groups in total. The minimum absolute atomic E-state index is 0.299. The van der Waals surface area contributed by atoms with E-state index in [9.17, 15) is 0 Å². The van der Waals surface area contributed by atoms with Crippen LogP contribution in [0, 0.1) is 0 Å². The summed E-state index contributed by atoms with van der Waals surface area (Å²) in [6.45, 7) is 1.55. The molecule has 0 saturated carbocycles. The van der Waals surface area contributed by atoms with Crippen LogP contribution in [0.1, 0.15) is 6.42 Å². The minimum Gasteiger partial charge on any atom is -0.379 e. The molecular weight excluding hydrogens is 122 g/mol. The Morgan fingerprint density at radius 2 is 2.62 bits per heavy atom. The van der Waals surface area contributed by atoms with Crippen molar-refractivity contribution in [2.45, 2.75) is 12.5 Å². The van der Waals surface area contributed by atoms with Gasteiger partial charge in [0.2, 0.25) is 0 Å². The van der Waals surface area contributed by atoms with E-state index in [1.165, 1.54) is 0 Å². The van der Waals surface area contributed by atoms with E-state index in [0.717, 1.165) is 19.6 Å². The number of thiocarbonyl (C=S) groups is 1. The molecule has 0 aliphatic carbocycles. The predicted octanol–water partition coefficient (Wildman–Crippen LogP) is 0.878. The zero-order valence-electron chi connectivity index (χ0n) is 4.46. The minimum atomic E-state index is 0.299. The molecule has 1 heterocycles. The summed E-state index contributed by atoms with van der Waals surface area (Å²) >= 11 is 4.42. The summed E-state index contributed by atoms with van der Waals surface area (Å²) in [5.74, 6) is 0. The van der Waals surface area contributed by atoms with E-state index >= 15 is 0 Å². The van der Waals surface area contributed by atoms with Crippen molar-refractivity contribution in [3.63, 3.8) is 0 Å². The number of hydrogen-bond acceptors (Lipinski definition) is 3. The van der Waals surface area contributed by atoms with Crippen molar-refractivity contribution in [1.82, 2.24) is 0 Å². The van der Waals surface area contributed by atoms with Crippen molar-refractivity contribution < 1.29 is 4.74 Å². The highest BCUT2D eigenvalue weighted by atomic mass is 32.1. The Labute approximate surface area is 53.6 Å². The highest BCUT2D eigenvalue weighted by molar-refractivity contribution is 7.78. The van der Waals surface area contributed by atoms with Gasteiger partial charge < -0.3 is 4.74 Å². The fraction of sp³-hybridized carbons (Fsp3) is 0.800. The second-order valence-corrected chi connectivity index (χ2v) is 1.92. The number of aliphatic imine (C=N–C) groups is 1. The molecule has 1 unspecified atom stereocenters. The van der Waals surface area contributed by atoms with Crippen LogP contribution in [0.2, 0.25) is 0 Å². The van der Waals surface area contributed by atoms with Crippen LogP contribution in [0.25, 0.3) is 0 Å². The fourth-order valence-corrected chi connectivity index (χ4v) is 0.848. The van der Waals surface area contributed by atoms with Crippen LogP contribution < -0.4 is 0 Å². The standard InChI is InChI=1S/C5H7NOS/c8-4-6-5-1-2-7-3-5/h5H,1-3H2. The van der Waals surface area contributed by atoms with Gasteiger partial charge in [0, 0.05) is 6.61 Å². The van der Waals surface area contributed by atoms with Crippen molar-refractivity contribution >= 4 is 17.4 Å². The number of rotatable bonds is 1. The number of ether oxygens (including phenoxy) is 1. The molecule has 0 amide bonds. The summed E-state index contributed by atoms with van der Waals surface area (Å²) in [5, 5.41) is 2.34. The van der Waals surface area contributed by atoms with Gasteiger partial charge in [-0.25, -0.2) is 4.99 Å². The molecule has 0 spiro atoms. The highest BCUT2D eigenvalue weighted by Gasteiger charge is 2.12. The molecular formula is C5H7NOS. The third-order valence-electron chi connectivity index (χ3n) is 1.14. The van der Waals surface area contributed by atoms with Crippen LogP contribution in [0.4, 0.5) is 0 Å². The van der Waals surface area contributed by atoms with E-state index in [4.69, 9.17) is 4.74 Å². The Morgan fingerprint density at radius 1 is 1.75 bits per heavy atom. The van der Waals surface area contributed by atoms with Crippen LogP contribution in [0.3, 0.4) is 0 Å². The van der Waals surface area contributed by atoms with Crippen molar-refractivity contribution in [3.8, 4) is 0 Å². The van der Waals surface area contributed by atoms with Gasteiger partial charge in [-0.1, -0.05) is 0 Å². The zero-order chi connectivity index (χ0) is 5.82. The average Bonchev–Trinajstić information content (AvgIpc) is 2.19. The summed E-state index contributed by atoms with van der Waals surface area (Å²) in [7, 11) is 0. The molecule has 0 aromatic heterocycles. The summed E-state index contributed by atoms with van der Waals surface area (Å²) in [6, 6.07) is 0.299. The van der Waals surface area contributed by atoms with E-state index in [1.54, 1.807) is 0 Å². The first-order valence-corrected chi connectivity index (χ1v) is 2.99. The highest BCUT2D eigenvalue weighted by Crippen LogP contribution is 2.05. The molecule has 0 bridgehead atoms. The first kappa shape index (κ1) is 5.89. The summed E-state index contributed by atoms with van der Waals surface area (Å²) in [4.78, 5) is 3.86. The maximum Gasteiger partial charge on any atom is 0.0857 e. The van der Waals surface area contributed by atoms with Crippen molar-refractivity contribution in [2.24, 2.45) is 4.99 Å². The average molecular weight is 129 g/mol. The second-order valence-electron chi connectivity index (χ2n) is 1.74. The predicted molar refractivity (Wildman–Crippen MR) is 34.2 cm³/mol. The van der Waals surface area contributed by atoms with Gasteiger partial charge >= 0.3 is 0 Å². The summed E-state index contributed by atoms with van der Waals surface area (Å²) in [6.07, 6.45) is 1.00. The Kier molecular flexibility index (Phi) is 2.15. The Bertz CT molecular complexity index is 114. The molecule has 2 nitrogen and oxygen atoms in total. The van der Waals surface area contributed by atoms with Crippen LogP contribution in [-0.4, -0.2) is 24.4 Å². The van der Waals surface area contributed by atoms with E-state index in [-0.39, 0.29) is 0 Å². The van der Waals surface area contributed by atoms with Crippen molar-refractivity contribution in [2.75, 3.05) is 13.2 Å². The smallest absolute Gasteiger partial charge is 0.0857 e. The maximum atomic E-state index is 5.03. The maximum absolute atomic E-state index is 5.03. The van der Waals surface area contributed by atoms with E-state index in [0.29, 0.717) is 6.04 Å². The van der Waals surface area contributed by atoms with Crippen LogP contribution in [0.5, 0.6) is 0 Å². The lowest BCUT2D eigenvalue weighted by Gasteiger charge is -1.91. The molecule has 1 fully saturated rings. The fourth-order valence-electron chi connectivity index (χ4n) is 0.698. The molecule has 1 rings (SSSR count). The van der Waals surface area contributed by atoms with Gasteiger partial charge in [-0.15, -0.1) is 0 Å². The summed E-state index contributed by atoms with van der Waals surface area (Å²) in [5.41, 5.74) is 0. The SMILES string of the molecule is S=C=NC1CCOC1. The monoisotopic (exact) mass is 129 g/mol. The molecule has 0 aromatic rings. The lowest BCUT2D eigenvalue weighted by atomic mass is 10.3. The van der Waals surface area contributed by atoms with Gasteiger partial charge in [-0.2, -0.15) is 0 Å². The molecule has 3 heteroatoms. The summed E-state index contributed by atoms with van der Waals surface area (Å²) < 4.78 is 5.03. The van der Waals surface area contributed by atoms with E-state index in [2.05, 4.69) is 22.4 Å². The van der Waals surface area contributed by atoms with Crippen LogP contribution >= 0.6 is 12.2 Å². The van der Waals surface area contributed by atoms with E-state index in [1.807, 2.05) is 0 Å². The first-order chi connectivity index (χ1) is 3.93. The third kappa shape index (κ3) is 1.37. The van der Waals surface area contributed by atoms with Crippen LogP contribution in [0.15, 0.2) is 4.99 Å². The van der Waals surface area contributed by atoms with Crippen molar-refractivity contribution in [1.29, 1.82) is 0 Å². The third-order valence-corrected chi connectivity index (χ3v) is 1.25. The Morgan fingerprint density at radius 3 is 3.12 bits per heavy atom. The van der Waals surface area contributed by atoms with Gasteiger partial charge in [0.05, 0.1) is 17.8 Å². The normalized spacial score (nSPS) is 27.2. The molecule has 8 heavy (non-hydrogen) atoms. The Balaban J connectivity index is 2.35. The second kappa shape index (κ2) is 2.92. The van der Waals surface area contributed by atoms with Gasteiger partial charge in [0.1, 0.15) is 0 Å². The first-order valence-electron chi connectivity index (χ1n) is 2.58.